The van der Waals surface area contributed by atoms with Crippen molar-refractivity contribution < 1.29 is 4.74 Å². The van der Waals surface area contributed by atoms with Crippen LogP contribution in [0.1, 0.15) is 37.0 Å². The monoisotopic (exact) mass is 306 g/mol. The molecule has 0 aliphatic rings. The minimum absolute atomic E-state index is 0.268. The summed E-state index contributed by atoms with van der Waals surface area (Å²) in [4.78, 5) is 10.3. The van der Waals surface area contributed by atoms with Crippen LogP contribution in [0.5, 0.6) is 0 Å². The van der Waals surface area contributed by atoms with Gasteiger partial charge in [-0.05, 0) is 24.8 Å². The second-order valence-corrected chi connectivity index (χ2v) is 5.62. The Morgan fingerprint density at radius 1 is 1.29 bits per heavy atom. The average Bonchev–Trinajstić information content (AvgIpc) is 2.99. The minimum Gasteiger partial charge on any atom is -0.377 e. The number of hydrogen-bond acceptors (Lipinski definition) is 6. The maximum Gasteiger partial charge on any atom is 0.158 e. The van der Waals surface area contributed by atoms with Gasteiger partial charge in [0.2, 0.25) is 0 Å². The highest BCUT2D eigenvalue weighted by atomic mass is 32.1. The lowest BCUT2D eigenvalue weighted by Gasteiger charge is -2.17. The summed E-state index contributed by atoms with van der Waals surface area (Å²) < 4.78 is 5.14. The lowest BCUT2D eigenvalue weighted by atomic mass is 10.2. The van der Waals surface area contributed by atoms with Crippen LogP contribution in [0.2, 0.25) is 0 Å². The third-order valence-electron chi connectivity index (χ3n) is 3.02. The van der Waals surface area contributed by atoms with Crippen LogP contribution in [0, 0.1) is 0 Å². The Kier molecular flexibility index (Phi) is 5.95. The van der Waals surface area contributed by atoms with Gasteiger partial charge in [0.25, 0.3) is 0 Å². The van der Waals surface area contributed by atoms with Gasteiger partial charge in [-0.1, -0.05) is 13.0 Å². The number of nitrogens with zero attached hydrogens (tertiary/aromatic N) is 2. The summed E-state index contributed by atoms with van der Waals surface area (Å²) in [5, 5.41) is 8.82. The molecule has 0 fully saturated rings. The Balaban J connectivity index is 2.20. The van der Waals surface area contributed by atoms with Gasteiger partial charge >= 0.3 is 0 Å². The Labute approximate surface area is 129 Å². The molecule has 2 N–H and O–H groups in total. The third-order valence-corrected chi connectivity index (χ3v) is 4.01. The van der Waals surface area contributed by atoms with E-state index in [1.165, 1.54) is 4.88 Å². The van der Waals surface area contributed by atoms with E-state index in [0.29, 0.717) is 12.4 Å². The van der Waals surface area contributed by atoms with Gasteiger partial charge in [-0.15, -0.1) is 11.3 Å². The average molecular weight is 306 g/mol. The SMILES string of the molecule is CCNc1cc(NC(CC)c2cccs2)nc(COC)n1. The highest BCUT2D eigenvalue weighted by Crippen LogP contribution is 2.26. The van der Waals surface area contributed by atoms with E-state index in [-0.39, 0.29) is 6.04 Å². The highest BCUT2D eigenvalue weighted by Gasteiger charge is 2.12. The van der Waals surface area contributed by atoms with Gasteiger partial charge < -0.3 is 15.4 Å². The highest BCUT2D eigenvalue weighted by molar-refractivity contribution is 7.10. The molecule has 0 aliphatic carbocycles. The van der Waals surface area contributed by atoms with Crippen LogP contribution < -0.4 is 10.6 Å². The molecule has 0 bridgehead atoms. The summed E-state index contributed by atoms with van der Waals surface area (Å²) in [6.45, 7) is 5.44. The number of rotatable bonds is 8. The topological polar surface area (TPSA) is 59.1 Å². The van der Waals surface area contributed by atoms with Gasteiger partial charge in [-0.25, -0.2) is 9.97 Å². The molecule has 0 saturated heterocycles. The molecule has 6 heteroatoms. The number of aromatic nitrogens is 2. The second kappa shape index (κ2) is 7.95. The molecule has 0 saturated carbocycles. The first kappa shape index (κ1) is 15.7. The van der Waals surface area contributed by atoms with Gasteiger partial charge in [0, 0.05) is 24.6 Å². The second-order valence-electron chi connectivity index (χ2n) is 4.64. The standard InChI is InChI=1S/C15H22N4OS/c1-4-11(12-7-6-8-21-12)17-14-9-13(16-5-2)18-15(19-14)10-20-3/h6-9,11H,4-5,10H2,1-3H3,(H2,16,17,18,19). The number of ether oxygens (including phenoxy) is 1. The Morgan fingerprint density at radius 3 is 2.71 bits per heavy atom. The number of hydrogen-bond donors (Lipinski definition) is 2. The van der Waals surface area contributed by atoms with Gasteiger partial charge in [0.1, 0.15) is 18.2 Å². The molecule has 21 heavy (non-hydrogen) atoms. The predicted octanol–water partition coefficient (Wildman–Crippen LogP) is 3.68. The first-order valence-corrected chi connectivity index (χ1v) is 8.05. The minimum atomic E-state index is 0.268. The summed E-state index contributed by atoms with van der Waals surface area (Å²) >= 11 is 1.76. The predicted molar refractivity (Wildman–Crippen MR) is 87.9 cm³/mol. The Hall–Kier alpha value is -1.66. The van der Waals surface area contributed by atoms with Crippen molar-refractivity contribution in [3.8, 4) is 0 Å². The van der Waals surface area contributed by atoms with Crippen LogP contribution in [0.15, 0.2) is 23.6 Å². The molecule has 0 aromatic carbocycles. The van der Waals surface area contributed by atoms with E-state index in [1.807, 2.05) is 13.0 Å². The van der Waals surface area contributed by atoms with Crippen molar-refractivity contribution in [1.82, 2.24) is 9.97 Å². The van der Waals surface area contributed by atoms with Crippen molar-refractivity contribution in [3.63, 3.8) is 0 Å². The van der Waals surface area contributed by atoms with E-state index in [1.54, 1.807) is 18.4 Å². The quantitative estimate of drug-likeness (QED) is 0.779. The summed E-state index contributed by atoms with van der Waals surface area (Å²) in [6.07, 6.45) is 1.00. The first-order valence-electron chi connectivity index (χ1n) is 7.17. The van der Waals surface area contributed by atoms with Crippen LogP contribution >= 0.6 is 11.3 Å². The van der Waals surface area contributed by atoms with Crippen molar-refractivity contribution in [2.24, 2.45) is 0 Å². The Bertz CT molecular complexity index is 520. The lowest BCUT2D eigenvalue weighted by molar-refractivity contribution is 0.178. The van der Waals surface area contributed by atoms with E-state index < -0.39 is 0 Å². The van der Waals surface area contributed by atoms with E-state index >= 15 is 0 Å². The zero-order valence-corrected chi connectivity index (χ0v) is 13.5. The van der Waals surface area contributed by atoms with Crippen molar-refractivity contribution in [2.45, 2.75) is 32.9 Å². The third kappa shape index (κ3) is 4.41. The lowest BCUT2D eigenvalue weighted by Crippen LogP contribution is -2.12. The molecular weight excluding hydrogens is 284 g/mol. The number of anilines is 2. The summed E-state index contributed by atoms with van der Waals surface area (Å²) in [5.41, 5.74) is 0. The van der Waals surface area contributed by atoms with Crippen LogP contribution in [-0.4, -0.2) is 23.6 Å². The van der Waals surface area contributed by atoms with E-state index in [4.69, 9.17) is 4.74 Å². The van der Waals surface area contributed by atoms with E-state index in [9.17, 15) is 0 Å². The number of methoxy groups -OCH3 is 1. The first-order chi connectivity index (χ1) is 10.3. The molecule has 2 rings (SSSR count). The van der Waals surface area contributed by atoms with Gasteiger partial charge in [-0.2, -0.15) is 0 Å². The molecule has 1 unspecified atom stereocenters. The van der Waals surface area contributed by atoms with Gasteiger partial charge in [0.15, 0.2) is 5.82 Å². The van der Waals surface area contributed by atoms with E-state index in [0.717, 1.165) is 24.6 Å². The normalized spacial score (nSPS) is 12.1. The summed E-state index contributed by atoms with van der Waals surface area (Å²) in [7, 11) is 1.65. The number of thiophene rings is 1. The fourth-order valence-electron chi connectivity index (χ4n) is 2.08. The fourth-order valence-corrected chi connectivity index (χ4v) is 2.94. The maximum atomic E-state index is 5.14. The molecule has 1 atom stereocenters. The van der Waals surface area contributed by atoms with Crippen molar-refractivity contribution in [3.05, 3.63) is 34.3 Å². The van der Waals surface area contributed by atoms with Crippen molar-refractivity contribution in [1.29, 1.82) is 0 Å². The fraction of sp³-hybridized carbons (Fsp3) is 0.467. The largest absolute Gasteiger partial charge is 0.377 e. The Morgan fingerprint density at radius 2 is 2.10 bits per heavy atom. The zero-order valence-electron chi connectivity index (χ0n) is 12.7. The smallest absolute Gasteiger partial charge is 0.158 e. The maximum absolute atomic E-state index is 5.14. The van der Waals surface area contributed by atoms with Gasteiger partial charge in [-0.3, -0.25) is 0 Å². The van der Waals surface area contributed by atoms with Crippen LogP contribution in [-0.2, 0) is 11.3 Å². The van der Waals surface area contributed by atoms with Crippen LogP contribution in [0.25, 0.3) is 0 Å². The van der Waals surface area contributed by atoms with Gasteiger partial charge in [0.05, 0.1) is 6.04 Å². The molecule has 5 nitrogen and oxygen atoms in total. The van der Waals surface area contributed by atoms with E-state index in [2.05, 4.69) is 45.0 Å². The molecule has 0 radical (unpaired) electrons. The molecule has 2 aromatic rings. The van der Waals surface area contributed by atoms with Crippen molar-refractivity contribution >= 4 is 23.0 Å². The van der Waals surface area contributed by atoms with Crippen molar-refractivity contribution in [2.75, 3.05) is 24.3 Å². The van der Waals surface area contributed by atoms with Crippen LogP contribution in [0.3, 0.4) is 0 Å². The molecule has 0 amide bonds. The zero-order chi connectivity index (χ0) is 15.1. The molecule has 0 spiro atoms. The van der Waals surface area contributed by atoms with Crippen LogP contribution in [0.4, 0.5) is 11.6 Å². The molecule has 2 aromatic heterocycles. The molecule has 114 valence electrons. The summed E-state index contributed by atoms with van der Waals surface area (Å²) in [6, 6.07) is 6.43. The summed E-state index contributed by atoms with van der Waals surface area (Å²) in [5.74, 6) is 2.33. The number of nitrogens with one attached hydrogen (secondary N) is 2. The molecular formula is C15H22N4OS. The molecule has 2 heterocycles. The molecule has 0 aliphatic heterocycles.